The maximum atomic E-state index is 6.32. The van der Waals surface area contributed by atoms with Crippen molar-refractivity contribution in [2.24, 2.45) is 5.92 Å². The summed E-state index contributed by atoms with van der Waals surface area (Å²) in [5.74, 6) is 0.981. The minimum Gasteiger partial charge on any atom is -0.374 e. The average molecular weight is 380 g/mol. The molecule has 0 aromatic rings. The van der Waals surface area contributed by atoms with Gasteiger partial charge in [-0.25, -0.2) is 0 Å². The van der Waals surface area contributed by atoms with E-state index < -0.39 is 0 Å². The molecule has 1 saturated carbocycles. The van der Waals surface area contributed by atoms with Crippen molar-refractivity contribution in [1.29, 1.82) is 0 Å². The van der Waals surface area contributed by atoms with Gasteiger partial charge in [0.05, 0.1) is 5.60 Å². The topological polar surface area (TPSA) is 9.23 Å². The number of ether oxygens (including phenoxy) is 1. The Balaban J connectivity index is 2.18. The van der Waals surface area contributed by atoms with E-state index in [9.17, 15) is 0 Å². The highest BCUT2D eigenvalue weighted by Crippen LogP contribution is 2.38. The molecule has 0 unspecified atom stereocenters. The van der Waals surface area contributed by atoms with E-state index in [0.717, 1.165) is 12.5 Å². The summed E-state index contributed by atoms with van der Waals surface area (Å²) in [4.78, 5) is 0. The quantitative estimate of drug-likeness (QED) is 0.251. The zero-order valence-electron chi connectivity index (χ0n) is 13.1. The van der Waals surface area contributed by atoms with E-state index in [1.165, 1.54) is 75.1 Å². The van der Waals surface area contributed by atoms with Crippen molar-refractivity contribution < 1.29 is 4.74 Å². The van der Waals surface area contributed by atoms with Crippen LogP contribution >= 0.6 is 22.6 Å². The highest BCUT2D eigenvalue weighted by Gasteiger charge is 2.34. The van der Waals surface area contributed by atoms with Gasteiger partial charge in [-0.05, 0) is 38.0 Å². The second-order valence-corrected chi connectivity index (χ2v) is 7.07. The lowest BCUT2D eigenvalue weighted by atomic mass is 9.78. The molecule has 0 N–H and O–H groups in total. The normalized spacial score (nSPS) is 27.6. The van der Waals surface area contributed by atoms with Crippen LogP contribution in [0.4, 0.5) is 0 Å². The Morgan fingerprint density at radius 3 is 2.26 bits per heavy atom. The van der Waals surface area contributed by atoms with Gasteiger partial charge in [-0.1, -0.05) is 75.0 Å². The molecule has 0 aliphatic heterocycles. The monoisotopic (exact) mass is 380 g/mol. The zero-order chi connectivity index (χ0) is 14.0. The van der Waals surface area contributed by atoms with Gasteiger partial charge in [-0.3, -0.25) is 0 Å². The molecule has 0 aromatic carbocycles. The third kappa shape index (κ3) is 6.79. The van der Waals surface area contributed by atoms with Crippen molar-refractivity contribution >= 4 is 22.6 Å². The van der Waals surface area contributed by atoms with Crippen LogP contribution in [-0.2, 0) is 4.74 Å². The van der Waals surface area contributed by atoms with Gasteiger partial charge in [-0.15, -0.1) is 0 Å². The fourth-order valence-corrected chi connectivity index (χ4v) is 4.19. The van der Waals surface area contributed by atoms with Crippen molar-refractivity contribution in [3.8, 4) is 0 Å². The first-order valence-electron chi connectivity index (χ1n) is 8.46. The van der Waals surface area contributed by atoms with E-state index in [4.69, 9.17) is 4.74 Å². The predicted octanol–water partition coefficient (Wildman–Crippen LogP) is 6.14. The van der Waals surface area contributed by atoms with Gasteiger partial charge >= 0.3 is 0 Å². The van der Waals surface area contributed by atoms with Crippen LogP contribution in [0.2, 0.25) is 0 Å². The van der Waals surface area contributed by atoms with Crippen molar-refractivity contribution in [1.82, 2.24) is 0 Å². The average Bonchev–Trinajstić information content (AvgIpc) is 2.45. The molecule has 0 saturated heterocycles. The van der Waals surface area contributed by atoms with Crippen LogP contribution in [0.1, 0.15) is 84.5 Å². The molecule has 19 heavy (non-hydrogen) atoms. The lowest BCUT2D eigenvalue weighted by molar-refractivity contribution is -0.0605. The molecule has 1 rings (SSSR count). The van der Waals surface area contributed by atoms with Crippen molar-refractivity contribution in [3.63, 3.8) is 0 Å². The Kier molecular flexibility index (Phi) is 9.73. The molecule has 0 atom stereocenters. The molecular formula is C17H33IO. The summed E-state index contributed by atoms with van der Waals surface area (Å²) < 4.78 is 7.50. The van der Waals surface area contributed by atoms with Crippen molar-refractivity contribution in [3.05, 3.63) is 0 Å². The van der Waals surface area contributed by atoms with Crippen LogP contribution in [0.15, 0.2) is 0 Å². The van der Waals surface area contributed by atoms with Gasteiger partial charge in [0.1, 0.15) is 0 Å². The molecule has 1 aliphatic rings. The highest BCUT2D eigenvalue weighted by molar-refractivity contribution is 14.1. The summed E-state index contributed by atoms with van der Waals surface area (Å²) in [5, 5.41) is 0. The molecule has 0 spiro atoms. The molecular weight excluding hydrogens is 347 g/mol. The molecule has 1 fully saturated rings. The van der Waals surface area contributed by atoms with Crippen LogP contribution < -0.4 is 0 Å². The van der Waals surface area contributed by atoms with E-state index in [2.05, 4.69) is 36.4 Å². The molecule has 0 bridgehead atoms. The van der Waals surface area contributed by atoms with Gasteiger partial charge in [0.25, 0.3) is 0 Å². The zero-order valence-corrected chi connectivity index (χ0v) is 15.2. The number of halogens is 1. The van der Waals surface area contributed by atoms with E-state index in [1.54, 1.807) is 0 Å². The molecule has 1 nitrogen and oxygen atoms in total. The Bertz CT molecular complexity index is 209. The second kappa shape index (κ2) is 10.4. The van der Waals surface area contributed by atoms with E-state index in [-0.39, 0.29) is 5.60 Å². The summed E-state index contributed by atoms with van der Waals surface area (Å²) in [6.07, 6.45) is 14.9. The van der Waals surface area contributed by atoms with Gasteiger partial charge in [0.15, 0.2) is 0 Å². The van der Waals surface area contributed by atoms with Gasteiger partial charge in [-0.2, -0.15) is 0 Å². The summed E-state index contributed by atoms with van der Waals surface area (Å²) in [6.45, 7) is 5.58. The SMILES string of the molecule is CCCCCCCOC1(CI)CCC(CCC)CC1. The minimum atomic E-state index is 0.232. The highest BCUT2D eigenvalue weighted by atomic mass is 127. The smallest absolute Gasteiger partial charge is 0.0771 e. The molecule has 1 aliphatic carbocycles. The summed E-state index contributed by atoms with van der Waals surface area (Å²) >= 11 is 2.54. The molecule has 0 amide bonds. The van der Waals surface area contributed by atoms with Crippen molar-refractivity contribution in [2.75, 3.05) is 11.0 Å². The molecule has 114 valence electrons. The lowest BCUT2D eigenvalue weighted by Gasteiger charge is -2.39. The largest absolute Gasteiger partial charge is 0.374 e. The Hall–Kier alpha value is 0.690. The molecule has 0 aromatic heterocycles. The maximum absolute atomic E-state index is 6.32. The summed E-state index contributed by atoms with van der Waals surface area (Å²) in [7, 11) is 0. The van der Waals surface area contributed by atoms with Crippen LogP contribution in [-0.4, -0.2) is 16.6 Å². The Morgan fingerprint density at radius 1 is 1.00 bits per heavy atom. The van der Waals surface area contributed by atoms with Gasteiger partial charge < -0.3 is 4.74 Å². The number of hydrogen-bond donors (Lipinski definition) is 0. The first-order valence-corrected chi connectivity index (χ1v) is 9.99. The van der Waals surface area contributed by atoms with Gasteiger partial charge in [0, 0.05) is 11.0 Å². The summed E-state index contributed by atoms with van der Waals surface area (Å²) in [5.41, 5.74) is 0.232. The predicted molar refractivity (Wildman–Crippen MR) is 93.2 cm³/mol. The minimum absolute atomic E-state index is 0.232. The Morgan fingerprint density at radius 2 is 1.68 bits per heavy atom. The molecule has 0 radical (unpaired) electrons. The third-order valence-electron chi connectivity index (χ3n) is 4.61. The number of hydrogen-bond acceptors (Lipinski definition) is 1. The number of unbranched alkanes of at least 4 members (excludes halogenated alkanes) is 4. The fourth-order valence-electron chi connectivity index (χ4n) is 3.21. The van der Waals surface area contributed by atoms with E-state index in [0.29, 0.717) is 0 Å². The maximum Gasteiger partial charge on any atom is 0.0771 e. The number of rotatable bonds is 10. The first kappa shape index (κ1) is 17.7. The second-order valence-electron chi connectivity index (χ2n) is 6.31. The third-order valence-corrected chi connectivity index (χ3v) is 6.00. The van der Waals surface area contributed by atoms with Gasteiger partial charge in [0.2, 0.25) is 0 Å². The van der Waals surface area contributed by atoms with Crippen LogP contribution in [0.3, 0.4) is 0 Å². The molecule has 0 heterocycles. The summed E-state index contributed by atoms with van der Waals surface area (Å²) in [6, 6.07) is 0. The number of alkyl halides is 1. The lowest BCUT2D eigenvalue weighted by Crippen LogP contribution is -2.39. The molecule has 2 heteroatoms. The van der Waals surface area contributed by atoms with Crippen LogP contribution in [0.5, 0.6) is 0 Å². The standard InChI is InChI=1S/C17H33IO/c1-3-5-6-7-8-14-19-17(15-18)12-10-16(9-4-2)11-13-17/h16H,3-15H2,1-2H3. The van der Waals surface area contributed by atoms with E-state index in [1.807, 2.05) is 0 Å². The van der Waals surface area contributed by atoms with Crippen LogP contribution in [0.25, 0.3) is 0 Å². The Labute approximate surface area is 134 Å². The van der Waals surface area contributed by atoms with E-state index >= 15 is 0 Å². The fraction of sp³-hybridized carbons (Fsp3) is 1.00. The first-order chi connectivity index (χ1) is 9.26. The van der Waals surface area contributed by atoms with Crippen LogP contribution in [0, 0.1) is 5.92 Å². The van der Waals surface area contributed by atoms with Crippen molar-refractivity contribution in [2.45, 2.75) is 90.1 Å².